The van der Waals surface area contributed by atoms with E-state index in [2.05, 4.69) is 15.0 Å². The van der Waals surface area contributed by atoms with Gasteiger partial charge in [-0.25, -0.2) is 17.8 Å². The maximum atomic E-state index is 13.8. The number of amides is 1. The van der Waals surface area contributed by atoms with Gasteiger partial charge in [0.1, 0.15) is 11.3 Å². The van der Waals surface area contributed by atoms with Crippen molar-refractivity contribution in [2.75, 3.05) is 10.0 Å². The molecule has 1 aromatic heterocycles. The fraction of sp³-hybridized carbons (Fsp3) is 0. The number of carbonyl (C=O) groups excluding carboxylic acids is 1. The largest absolute Gasteiger partial charge is 0.298 e. The summed E-state index contributed by atoms with van der Waals surface area (Å²) in [4.78, 5) is 16.9. The van der Waals surface area contributed by atoms with Gasteiger partial charge in [0.2, 0.25) is 0 Å². The minimum absolute atomic E-state index is 0.0804. The standard InChI is InChI=1S/C20H14FN3O3S2/c21-15-10-6-12-17-18(15)22-20(28-17)23-19(25)14-9-4-5-11-16(14)24-29(26,27)13-7-2-1-3-8-13/h1-12,24H,(H,22,23,25). The molecular weight excluding hydrogens is 413 g/mol. The Balaban J connectivity index is 1.62. The average molecular weight is 427 g/mol. The van der Waals surface area contributed by atoms with Gasteiger partial charge in [0, 0.05) is 0 Å². The van der Waals surface area contributed by atoms with Crippen LogP contribution in [0.2, 0.25) is 0 Å². The number of fused-ring (bicyclic) bond motifs is 1. The molecule has 0 saturated heterocycles. The Morgan fingerprint density at radius 1 is 0.931 bits per heavy atom. The van der Waals surface area contributed by atoms with Crippen LogP contribution in [-0.4, -0.2) is 19.3 Å². The van der Waals surface area contributed by atoms with Crippen molar-refractivity contribution in [2.45, 2.75) is 4.90 Å². The second-order valence-corrected chi connectivity index (χ2v) is 8.74. The molecule has 0 radical (unpaired) electrons. The summed E-state index contributed by atoms with van der Waals surface area (Å²) in [5, 5.41) is 2.83. The van der Waals surface area contributed by atoms with Gasteiger partial charge in [0.15, 0.2) is 5.13 Å². The third-order valence-corrected chi connectivity index (χ3v) is 6.38. The van der Waals surface area contributed by atoms with Crippen molar-refractivity contribution in [1.29, 1.82) is 0 Å². The van der Waals surface area contributed by atoms with E-state index >= 15 is 0 Å². The first kappa shape index (κ1) is 19.0. The van der Waals surface area contributed by atoms with Crippen molar-refractivity contribution < 1.29 is 17.6 Å². The maximum absolute atomic E-state index is 13.8. The smallest absolute Gasteiger partial charge is 0.261 e. The van der Waals surface area contributed by atoms with Crippen LogP contribution in [0.1, 0.15) is 10.4 Å². The predicted molar refractivity (Wildman–Crippen MR) is 111 cm³/mol. The summed E-state index contributed by atoms with van der Waals surface area (Å²) < 4.78 is 42.1. The van der Waals surface area contributed by atoms with Gasteiger partial charge in [-0.05, 0) is 36.4 Å². The lowest BCUT2D eigenvalue weighted by atomic mass is 10.2. The number of para-hydroxylation sites is 2. The molecule has 0 unspecified atom stereocenters. The Kier molecular flexibility index (Phi) is 4.99. The highest BCUT2D eigenvalue weighted by molar-refractivity contribution is 7.92. The highest BCUT2D eigenvalue weighted by atomic mass is 32.2. The van der Waals surface area contributed by atoms with E-state index in [1.807, 2.05) is 0 Å². The minimum atomic E-state index is -3.86. The van der Waals surface area contributed by atoms with Gasteiger partial charge in [0.05, 0.1) is 20.8 Å². The van der Waals surface area contributed by atoms with Crippen molar-refractivity contribution in [3.63, 3.8) is 0 Å². The molecule has 0 aliphatic carbocycles. The van der Waals surface area contributed by atoms with Gasteiger partial charge in [0.25, 0.3) is 15.9 Å². The Morgan fingerprint density at radius 3 is 2.41 bits per heavy atom. The molecule has 0 spiro atoms. The number of nitrogens with one attached hydrogen (secondary N) is 2. The van der Waals surface area contributed by atoms with E-state index in [1.54, 1.807) is 42.5 Å². The molecule has 0 aliphatic rings. The van der Waals surface area contributed by atoms with Crippen LogP contribution >= 0.6 is 11.3 Å². The lowest BCUT2D eigenvalue weighted by Gasteiger charge is -2.12. The number of carbonyl (C=O) groups is 1. The molecule has 2 N–H and O–H groups in total. The second kappa shape index (κ2) is 7.61. The molecule has 1 amide bonds. The van der Waals surface area contributed by atoms with Crippen LogP contribution in [0.25, 0.3) is 10.2 Å². The van der Waals surface area contributed by atoms with Crippen molar-refractivity contribution in [3.8, 4) is 0 Å². The first-order valence-corrected chi connectivity index (χ1v) is 10.8. The minimum Gasteiger partial charge on any atom is -0.298 e. The molecule has 3 aromatic carbocycles. The molecule has 0 fully saturated rings. The molecular formula is C20H14FN3O3S2. The van der Waals surface area contributed by atoms with Gasteiger partial charge >= 0.3 is 0 Å². The van der Waals surface area contributed by atoms with E-state index in [1.165, 1.54) is 30.3 Å². The van der Waals surface area contributed by atoms with Crippen LogP contribution in [0.5, 0.6) is 0 Å². The number of rotatable bonds is 5. The summed E-state index contributed by atoms with van der Waals surface area (Å²) >= 11 is 1.13. The molecule has 4 rings (SSSR count). The molecule has 0 atom stereocenters. The summed E-state index contributed by atoms with van der Waals surface area (Å²) in [5.41, 5.74) is 0.416. The normalized spacial score (nSPS) is 11.3. The third kappa shape index (κ3) is 3.96. The molecule has 146 valence electrons. The first-order chi connectivity index (χ1) is 13.9. The van der Waals surface area contributed by atoms with Gasteiger partial charge in [-0.2, -0.15) is 0 Å². The highest BCUT2D eigenvalue weighted by Crippen LogP contribution is 2.28. The fourth-order valence-corrected chi connectivity index (χ4v) is 4.68. The summed E-state index contributed by atoms with van der Waals surface area (Å²) in [6.07, 6.45) is 0. The van der Waals surface area contributed by atoms with Crippen molar-refractivity contribution in [1.82, 2.24) is 4.98 Å². The van der Waals surface area contributed by atoms with Gasteiger partial charge in [-0.1, -0.05) is 47.7 Å². The lowest BCUT2D eigenvalue weighted by molar-refractivity contribution is 0.102. The van der Waals surface area contributed by atoms with Gasteiger partial charge in [-0.15, -0.1) is 0 Å². The van der Waals surface area contributed by atoms with Crippen LogP contribution in [0, 0.1) is 5.82 Å². The Bertz CT molecular complexity index is 1310. The van der Waals surface area contributed by atoms with Crippen molar-refractivity contribution >= 4 is 48.3 Å². The number of aromatic nitrogens is 1. The van der Waals surface area contributed by atoms with E-state index in [0.29, 0.717) is 4.70 Å². The van der Waals surface area contributed by atoms with E-state index in [9.17, 15) is 17.6 Å². The number of nitrogens with zero attached hydrogens (tertiary/aromatic N) is 1. The van der Waals surface area contributed by atoms with Crippen molar-refractivity contribution in [2.24, 2.45) is 0 Å². The zero-order chi connectivity index (χ0) is 20.4. The first-order valence-electron chi connectivity index (χ1n) is 8.47. The quantitative estimate of drug-likeness (QED) is 0.491. The Morgan fingerprint density at radius 2 is 1.66 bits per heavy atom. The topological polar surface area (TPSA) is 88.2 Å². The number of sulfonamides is 1. The molecule has 4 aromatic rings. The van der Waals surface area contributed by atoms with Crippen molar-refractivity contribution in [3.05, 3.63) is 84.2 Å². The number of halogens is 1. The number of thiazole rings is 1. The fourth-order valence-electron chi connectivity index (χ4n) is 2.71. The number of hydrogen-bond acceptors (Lipinski definition) is 5. The number of hydrogen-bond donors (Lipinski definition) is 2. The Labute approximate surface area is 170 Å². The number of anilines is 2. The molecule has 6 nitrogen and oxygen atoms in total. The zero-order valence-corrected chi connectivity index (χ0v) is 16.4. The SMILES string of the molecule is O=C(Nc1nc2c(F)cccc2s1)c1ccccc1NS(=O)(=O)c1ccccc1. The molecule has 0 bridgehead atoms. The monoisotopic (exact) mass is 427 g/mol. The average Bonchev–Trinajstić information content (AvgIpc) is 3.12. The molecule has 0 saturated carbocycles. The molecule has 1 heterocycles. The lowest BCUT2D eigenvalue weighted by Crippen LogP contribution is -2.18. The summed E-state index contributed by atoms with van der Waals surface area (Å²) in [6, 6.07) is 18.6. The van der Waals surface area contributed by atoms with Crippen LogP contribution in [-0.2, 0) is 10.0 Å². The van der Waals surface area contributed by atoms with Gasteiger partial charge < -0.3 is 0 Å². The molecule has 29 heavy (non-hydrogen) atoms. The maximum Gasteiger partial charge on any atom is 0.261 e. The van der Waals surface area contributed by atoms with Crippen LogP contribution in [0.3, 0.4) is 0 Å². The predicted octanol–water partition coefficient (Wildman–Crippen LogP) is 4.49. The zero-order valence-electron chi connectivity index (χ0n) is 14.8. The summed E-state index contributed by atoms with van der Waals surface area (Å²) in [6.45, 7) is 0. The van der Waals surface area contributed by atoms with Crippen LogP contribution in [0.4, 0.5) is 15.2 Å². The van der Waals surface area contributed by atoms with Crippen LogP contribution < -0.4 is 10.0 Å². The van der Waals surface area contributed by atoms with E-state index in [4.69, 9.17) is 0 Å². The third-order valence-electron chi connectivity index (χ3n) is 4.06. The van der Waals surface area contributed by atoms with E-state index in [0.717, 1.165) is 11.3 Å². The van der Waals surface area contributed by atoms with E-state index < -0.39 is 21.7 Å². The number of benzene rings is 3. The highest BCUT2D eigenvalue weighted by Gasteiger charge is 2.19. The van der Waals surface area contributed by atoms with Gasteiger partial charge in [-0.3, -0.25) is 14.8 Å². The van der Waals surface area contributed by atoms with E-state index in [-0.39, 0.29) is 26.8 Å². The molecule has 0 aliphatic heterocycles. The summed E-state index contributed by atoms with van der Waals surface area (Å²) in [5.74, 6) is -1.04. The molecule has 9 heteroatoms. The second-order valence-electron chi connectivity index (χ2n) is 6.02. The van der Waals surface area contributed by atoms with Crippen LogP contribution in [0.15, 0.2) is 77.7 Å². The summed E-state index contributed by atoms with van der Waals surface area (Å²) in [7, 11) is -3.86. The Hall–Kier alpha value is -3.30.